The van der Waals surface area contributed by atoms with Gasteiger partial charge in [0.05, 0.1) is 6.61 Å². The van der Waals surface area contributed by atoms with E-state index in [1.807, 2.05) is 0 Å². The van der Waals surface area contributed by atoms with Gasteiger partial charge in [0.1, 0.15) is 0 Å². The first kappa shape index (κ1) is 16.5. The van der Waals surface area contributed by atoms with Crippen molar-refractivity contribution < 1.29 is 18.7 Å². The Kier molecular flexibility index (Phi) is 4.89. The summed E-state index contributed by atoms with van der Waals surface area (Å²) in [5.74, 6) is 0. The van der Waals surface area contributed by atoms with E-state index in [-0.39, 0.29) is 6.61 Å². The SMILES string of the molecule is CCOP(=O)(C(=O)C(C)(C)C)C(=O)C(C)(C)C. The molecule has 0 aliphatic carbocycles. The molecule has 0 aromatic carbocycles. The van der Waals surface area contributed by atoms with E-state index >= 15 is 0 Å². The van der Waals surface area contributed by atoms with E-state index in [1.54, 1.807) is 48.5 Å². The van der Waals surface area contributed by atoms with Crippen molar-refractivity contribution in [3.05, 3.63) is 0 Å². The Morgan fingerprint density at radius 2 is 1.24 bits per heavy atom. The second-order valence-electron chi connectivity index (χ2n) is 6.08. The highest BCUT2D eigenvalue weighted by molar-refractivity contribution is 7.90. The molecule has 0 unspecified atom stereocenters. The van der Waals surface area contributed by atoms with E-state index in [4.69, 9.17) is 4.52 Å². The Morgan fingerprint density at radius 1 is 0.941 bits per heavy atom. The van der Waals surface area contributed by atoms with Crippen LogP contribution in [0.15, 0.2) is 0 Å². The Morgan fingerprint density at radius 3 is 1.41 bits per heavy atom. The van der Waals surface area contributed by atoms with Crippen LogP contribution in [0.25, 0.3) is 0 Å². The lowest BCUT2D eigenvalue weighted by Gasteiger charge is -2.27. The summed E-state index contributed by atoms with van der Waals surface area (Å²) in [6, 6.07) is 0. The van der Waals surface area contributed by atoms with Gasteiger partial charge in [0.2, 0.25) is 11.0 Å². The van der Waals surface area contributed by atoms with Crippen molar-refractivity contribution in [2.45, 2.75) is 48.5 Å². The number of rotatable bonds is 4. The van der Waals surface area contributed by atoms with E-state index in [0.29, 0.717) is 0 Å². The molecular weight excluding hydrogens is 239 g/mol. The normalized spacial score (nSPS) is 13.6. The van der Waals surface area contributed by atoms with Crippen molar-refractivity contribution in [3.8, 4) is 0 Å². The van der Waals surface area contributed by atoms with Gasteiger partial charge in [-0.15, -0.1) is 0 Å². The Hall–Kier alpha value is -0.470. The fourth-order valence-corrected chi connectivity index (χ4v) is 3.82. The van der Waals surface area contributed by atoms with Crippen molar-refractivity contribution in [1.82, 2.24) is 0 Å². The summed E-state index contributed by atoms with van der Waals surface area (Å²) in [5, 5.41) is 0. The van der Waals surface area contributed by atoms with E-state index in [2.05, 4.69) is 0 Å². The molecule has 17 heavy (non-hydrogen) atoms. The second kappa shape index (κ2) is 5.03. The van der Waals surface area contributed by atoms with Crippen LogP contribution in [0.2, 0.25) is 0 Å². The highest BCUT2D eigenvalue weighted by Crippen LogP contribution is 2.57. The standard InChI is InChI=1S/C12H23O4P/c1-8-16-17(15,9(13)11(2,3)4)10(14)12(5,6)7/h8H2,1-7H3. The minimum absolute atomic E-state index is 0.0842. The van der Waals surface area contributed by atoms with Gasteiger partial charge in [-0.05, 0) is 6.92 Å². The van der Waals surface area contributed by atoms with E-state index in [0.717, 1.165) is 0 Å². The van der Waals surface area contributed by atoms with Crippen LogP contribution in [-0.4, -0.2) is 17.7 Å². The van der Waals surface area contributed by atoms with Crippen molar-refractivity contribution in [2.24, 2.45) is 10.8 Å². The lowest BCUT2D eigenvalue weighted by Crippen LogP contribution is -2.30. The number of hydrogen-bond acceptors (Lipinski definition) is 4. The average molecular weight is 262 g/mol. The summed E-state index contributed by atoms with van der Waals surface area (Å²) in [6.45, 7) is 11.5. The predicted octanol–water partition coefficient (Wildman–Crippen LogP) is 3.45. The van der Waals surface area contributed by atoms with Crippen LogP contribution < -0.4 is 0 Å². The molecule has 0 aliphatic heterocycles. The molecule has 0 radical (unpaired) electrons. The van der Waals surface area contributed by atoms with Gasteiger partial charge in [-0.1, -0.05) is 41.5 Å². The predicted molar refractivity (Wildman–Crippen MR) is 68.2 cm³/mol. The van der Waals surface area contributed by atoms with E-state index in [9.17, 15) is 14.2 Å². The minimum atomic E-state index is -3.92. The molecule has 0 spiro atoms. The zero-order valence-corrected chi connectivity index (χ0v) is 12.7. The summed E-state index contributed by atoms with van der Waals surface area (Å²) >= 11 is 0. The Bertz CT molecular complexity index is 328. The van der Waals surface area contributed by atoms with Gasteiger partial charge in [0.25, 0.3) is 0 Å². The van der Waals surface area contributed by atoms with Gasteiger partial charge in [0, 0.05) is 10.8 Å². The number of carbonyl (C=O) groups excluding carboxylic acids is 2. The smallest absolute Gasteiger partial charge is 0.318 e. The van der Waals surface area contributed by atoms with Gasteiger partial charge < -0.3 is 4.52 Å². The van der Waals surface area contributed by atoms with Crippen LogP contribution in [-0.2, 0) is 18.7 Å². The molecule has 0 amide bonds. The summed E-state index contributed by atoms with van der Waals surface area (Å²) in [7, 11) is -3.92. The Labute approximate surface area is 104 Å². The summed E-state index contributed by atoms with van der Waals surface area (Å²) in [5.41, 5.74) is -2.92. The number of carbonyl (C=O) groups is 2. The first-order chi connectivity index (χ1) is 7.37. The van der Waals surface area contributed by atoms with Crippen LogP contribution in [0.5, 0.6) is 0 Å². The Balaban J connectivity index is 5.57. The van der Waals surface area contributed by atoms with Crippen molar-refractivity contribution in [3.63, 3.8) is 0 Å². The largest absolute Gasteiger partial charge is 0.331 e. The molecule has 0 aromatic heterocycles. The third-order valence-corrected chi connectivity index (χ3v) is 5.16. The molecule has 0 bridgehead atoms. The number of hydrogen-bond donors (Lipinski definition) is 0. The molecule has 0 saturated heterocycles. The zero-order chi connectivity index (χ0) is 14.1. The monoisotopic (exact) mass is 262 g/mol. The highest BCUT2D eigenvalue weighted by Gasteiger charge is 2.50. The quantitative estimate of drug-likeness (QED) is 0.728. The summed E-state index contributed by atoms with van der Waals surface area (Å²) in [4.78, 5) is 24.3. The molecule has 100 valence electrons. The average Bonchev–Trinajstić information content (AvgIpc) is 2.12. The maximum Gasteiger partial charge on any atom is 0.331 e. The van der Waals surface area contributed by atoms with Crippen LogP contribution >= 0.6 is 7.37 Å². The van der Waals surface area contributed by atoms with Crippen molar-refractivity contribution in [1.29, 1.82) is 0 Å². The van der Waals surface area contributed by atoms with Gasteiger partial charge >= 0.3 is 7.37 Å². The molecule has 5 heteroatoms. The lowest BCUT2D eigenvalue weighted by molar-refractivity contribution is -0.123. The molecule has 0 N–H and O–H groups in total. The summed E-state index contributed by atoms with van der Waals surface area (Å²) in [6.07, 6.45) is 0. The molecule has 0 fully saturated rings. The minimum Gasteiger partial charge on any atom is -0.318 e. The van der Waals surface area contributed by atoms with Gasteiger partial charge in [-0.25, -0.2) is 0 Å². The fraction of sp³-hybridized carbons (Fsp3) is 0.833. The lowest BCUT2D eigenvalue weighted by atomic mass is 9.99. The van der Waals surface area contributed by atoms with E-state index < -0.39 is 29.2 Å². The molecule has 0 saturated carbocycles. The van der Waals surface area contributed by atoms with Gasteiger partial charge in [-0.3, -0.25) is 14.2 Å². The molecule has 0 rings (SSSR count). The summed E-state index contributed by atoms with van der Waals surface area (Å²) < 4.78 is 17.6. The zero-order valence-electron chi connectivity index (χ0n) is 11.8. The molecule has 0 aromatic rings. The third-order valence-electron chi connectivity index (χ3n) is 2.13. The van der Waals surface area contributed by atoms with Crippen LogP contribution in [0.1, 0.15) is 48.5 Å². The molecule has 4 nitrogen and oxygen atoms in total. The van der Waals surface area contributed by atoms with Crippen molar-refractivity contribution in [2.75, 3.05) is 6.61 Å². The molecular formula is C12H23O4P. The van der Waals surface area contributed by atoms with Crippen molar-refractivity contribution >= 4 is 18.4 Å². The van der Waals surface area contributed by atoms with Gasteiger partial charge in [0.15, 0.2) is 0 Å². The van der Waals surface area contributed by atoms with Crippen LogP contribution in [0.3, 0.4) is 0 Å². The van der Waals surface area contributed by atoms with Crippen LogP contribution in [0, 0.1) is 10.8 Å². The van der Waals surface area contributed by atoms with Gasteiger partial charge in [-0.2, -0.15) is 0 Å². The molecule has 0 atom stereocenters. The maximum absolute atomic E-state index is 12.6. The van der Waals surface area contributed by atoms with E-state index in [1.165, 1.54) is 0 Å². The highest BCUT2D eigenvalue weighted by atomic mass is 31.2. The fourth-order valence-electron chi connectivity index (χ4n) is 1.27. The topological polar surface area (TPSA) is 60.4 Å². The molecule has 0 heterocycles. The molecule has 0 aliphatic rings. The maximum atomic E-state index is 12.6. The first-order valence-corrected chi connectivity index (χ1v) is 7.34. The third kappa shape index (κ3) is 3.75. The van der Waals surface area contributed by atoms with Crippen LogP contribution in [0.4, 0.5) is 0 Å². The second-order valence-corrected chi connectivity index (χ2v) is 8.25. The first-order valence-electron chi connectivity index (χ1n) is 5.72.